The number of carbonyl (C=O) groups is 1. The van der Waals surface area contributed by atoms with Gasteiger partial charge in [0.05, 0.1) is 16.6 Å². The van der Waals surface area contributed by atoms with Gasteiger partial charge in [0.1, 0.15) is 23.4 Å². The van der Waals surface area contributed by atoms with Crippen molar-refractivity contribution in [1.29, 1.82) is 0 Å². The number of aromatic amines is 1. The summed E-state index contributed by atoms with van der Waals surface area (Å²) in [6.45, 7) is 2.00. The number of halogens is 1. The smallest absolute Gasteiger partial charge is 0.232 e. The molecule has 8 nitrogen and oxygen atoms in total. The van der Waals surface area contributed by atoms with Crippen molar-refractivity contribution in [1.82, 2.24) is 24.9 Å². The van der Waals surface area contributed by atoms with Gasteiger partial charge in [-0.2, -0.15) is 0 Å². The molecule has 0 bridgehead atoms. The minimum atomic E-state index is -0.357. The first kappa shape index (κ1) is 18.3. The first-order valence-electron chi connectivity index (χ1n) is 9.97. The highest BCUT2D eigenvalue weighted by Gasteiger charge is 2.87. The Morgan fingerprint density at radius 2 is 2.00 bits per heavy atom. The lowest BCUT2D eigenvalue weighted by atomic mass is 10.1. The summed E-state index contributed by atoms with van der Waals surface area (Å²) in [6.07, 6.45) is 6.34. The highest BCUT2D eigenvalue weighted by Crippen LogP contribution is 2.82. The molecule has 3 N–H and O–H groups in total. The van der Waals surface area contributed by atoms with Crippen LogP contribution < -0.4 is 10.6 Å². The zero-order valence-electron chi connectivity index (χ0n) is 16.6. The van der Waals surface area contributed by atoms with Gasteiger partial charge in [-0.05, 0) is 49.6 Å². The number of fused-ring (bicyclic) bond motifs is 2. The van der Waals surface area contributed by atoms with Crippen molar-refractivity contribution in [2.75, 3.05) is 10.6 Å². The maximum Gasteiger partial charge on any atom is 0.232 e. The normalized spacial score (nSPS) is 23.3. The van der Waals surface area contributed by atoms with Crippen molar-refractivity contribution in [2.24, 2.45) is 5.41 Å². The summed E-state index contributed by atoms with van der Waals surface area (Å²) in [5.74, 6) is 0.643. The van der Waals surface area contributed by atoms with Crippen LogP contribution in [0.3, 0.4) is 0 Å². The molecule has 0 saturated heterocycles. The summed E-state index contributed by atoms with van der Waals surface area (Å²) >= 11 is 6.31. The second-order valence-corrected chi connectivity index (χ2v) is 8.96. The molecule has 2 fully saturated rings. The summed E-state index contributed by atoms with van der Waals surface area (Å²) in [6, 6.07) is 9.57. The van der Waals surface area contributed by atoms with Crippen molar-refractivity contribution in [3.05, 3.63) is 54.7 Å². The Labute approximate surface area is 182 Å². The molecular weight excluding hydrogens is 414 g/mol. The van der Waals surface area contributed by atoms with Crippen LogP contribution in [-0.2, 0) is 4.79 Å². The standard InChI is InChI=1S/C22H18ClN7O/c1-12-4-5-13(29-20(31)21-8-22(21,23)9-21)7-15(12)30-18-14(3-2-6-24-18)16-17-19(27-10-25-16)28-11-26-17/h2-7,10-11H,8-9H2,1H3,(H,24,30)(H,29,31)(H,25,26,27,28). The largest absolute Gasteiger partial charge is 0.341 e. The van der Waals surface area contributed by atoms with Crippen LogP contribution in [0, 0.1) is 12.3 Å². The molecule has 0 unspecified atom stereocenters. The van der Waals surface area contributed by atoms with E-state index in [-0.39, 0.29) is 16.2 Å². The quantitative estimate of drug-likeness (QED) is 0.409. The van der Waals surface area contributed by atoms with E-state index in [2.05, 4.69) is 35.6 Å². The topological polar surface area (TPSA) is 108 Å². The number of imidazole rings is 1. The number of carbonyl (C=O) groups excluding carboxylic acids is 1. The number of nitrogens with one attached hydrogen (secondary N) is 3. The summed E-state index contributed by atoms with van der Waals surface area (Å²) in [5.41, 5.74) is 5.09. The van der Waals surface area contributed by atoms with Gasteiger partial charge in [0.15, 0.2) is 5.65 Å². The van der Waals surface area contributed by atoms with Crippen LogP contribution in [-0.4, -0.2) is 35.7 Å². The van der Waals surface area contributed by atoms with E-state index in [0.717, 1.165) is 40.9 Å². The number of hydrogen-bond acceptors (Lipinski definition) is 6. The van der Waals surface area contributed by atoms with E-state index in [0.29, 0.717) is 17.2 Å². The second-order valence-electron chi connectivity index (χ2n) is 8.23. The lowest BCUT2D eigenvalue weighted by Gasteiger charge is -2.15. The van der Waals surface area contributed by atoms with E-state index < -0.39 is 0 Å². The number of rotatable bonds is 5. The lowest BCUT2D eigenvalue weighted by Crippen LogP contribution is -2.18. The SMILES string of the molecule is Cc1ccc(NC(=O)C23CC2(Cl)C3)cc1Nc1ncccc1-c1ncnc2nc[nH]c12. The van der Waals surface area contributed by atoms with Gasteiger partial charge in [0.2, 0.25) is 5.91 Å². The number of aryl methyl sites for hydroxylation is 1. The third kappa shape index (κ3) is 2.79. The van der Waals surface area contributed by atoms with Gasteiger partial charge in [-0.25, -0.2) is 19.9 Å². The number of pyridine rings is 1. The minimum absolute atomic E-state index is 0.00143. The Balaban J connectivity index is 1.32. The van der Waals surface area contributed by atoms with Crippen LogP contribution in [0.25, 0.3) is 22.4 Å². The van der Waals surface area contributed by atoms with Gasteiger partial charge < -0.3 is 15.6 Å². The zero-order chi connectivity index (χ0) is 21.2. The molecule has 0 atom stereocenters. The molecule has 2 aliphatic carbocycles. The second kappa shape index (κ2) is 6.24. The molecule has 154 valence electrons. The van der Waals surface area contributed by atoms with E-state index in [4.69, 9.17) is 11.6 Å². The summed E-state index contributed by atoms with van der Waals surface area (Å²) < 4.78 is 0. The van der Waals surface area contributed by atoms with E-state index in [9.17, 15) is 4.79 Å². The van der Waals surface area contributed by atoms with Crippen molar-refractivity contribution in [3.8, 4) is 11.3 Å². The summed E-state index contributed by atoms with van der Waals surface area (Å²) in [7, 11) is 0. The Morgan fingerprint density at radius 1 is 1.16 bits per heavy atom. The molecule has 6 rings (SSSR count). The fourth-order valence-corrected chi connectivity index (χ4v) is 4.60. The van der Waals surface area contributed by atoms with E-state index in [1.54, 1.807) is 12.5 Å². The van der Waals surface area contributed by atoms with E-state index in [1.165, 1.54) is 6.33 Å². The third-order valence-electron chi connectivity index (χ3n) is 6.24. The molecule has 0 aliphatic heterocycles. The molecule has 0 radical (unpaired) electrons. The number of amides is 1. The van der Waals surface area contributed by atoms with Crippen LogP contribution in [0.2, 0.25) is 0 Å². The van der Waals surface area contributed by atoms with E-state index >= 15 is 0 Å². The Morgan fingerprint density at radius 3 is 2.81 bits per heavy atom. The van der Waals surface area contributed by atoms with Crippen LogP contribution in [0.4, 0.5) is 17.2 Å². The molecule has 1 aromatic carbocycles. The average Bonchev–Trinajstić information content (AvgIpc) is 3.43. The number of alkyl halides is 1. The molecule has 4 aromatic rings. The monoisotopic (exact) mass is 431 g/mol. The van der Waals surface area contributed by atoms with Gasteiger partial charge in [0.25, 0.3) is 0 Å². The summed E-state index contributed by atoms with van der Waals surface area (Å²) in [4.78, 5) is 32.8. The van der Waals surface area contributed by atoms with Gasteiger partial charge >= 0.3 is 0 Å². The molecule has 3 heterocycles. The van der Waals surface area contributed by atoms with Gasteiger partial charge in [-0.3, -0.25) is 4.79 Å². The van der Waals surface area contributed by atoms with Crippen molar-refractivity contribution in [3.63, 3.8) is 0 Å². The van der Waals surface area contributed by atoms with Crippen LogP contribution in [0.5, 0.6) is 0 Å². The van der Waals surface area contributed by atoms with Crippen molar-refractivity contribution < 1.29 is 4.79 Å². The summed E-state index contributed by atoms with van der Waals surface area (Å²) in [5, 5.41) is 6.41. The van der Waals surface area contributed by atoms with Crippen LogP contribution in [0.15, 0.2) is 49.2 Å². The van der Waals surface area contributed by atoms with Gasteiger partial charge in [-0.1, -0.05) is 6.07 Å². The van der Waals surface area contributed by atoms with E-state index in [1.807, 2.05) is 37.3 Å². The fourth-order valence-electron chi connectivity index (χ4n) is 4.06. The molecule has 2 saturated carbocycles. The van der Waals surface area contributed by atoms with Gasteiger partial charge in [0, 0.05) is 23.1 Å². The molecule has 2 aliphatic rings. The first-order chi connectivity index (χ1) is 15.0. The highest BCUT2D eigenvalue weighted by molar-refractivity contribution is 6.34. The molecule has 0 spiro atoms. The molecular formula is C22H18ClN7O. The average molecular weight is 432 g/mol. The third-order valence-corrected chi connectivity index (χ3v) is 6.87. The maximum atomic E-state index is 12.6. The fraction of sp³-hybridized carbons (Fsp3) is 0.227. The number of H-pyrrole nitrogens is 1. The predicted octanol–water partition coefficient (Wildman–Crippen LogP) is 4.18. The van der Waals surface area contributed by atoms with Crippen molar-refractivity contribution >= 4 is 45.9 Å². The number of aromatic nitrogens is 5. The maximum absolute atomic E-state index is 12.6. The highest BCUT2D eigenvalue weighted by atomic mass is 35.5. The number of nitrogens with zero attached hydrogens (tertiary/aromatic N) is 4. The predicted molar refractivity (Wildman–Crippen MR) is 118 cm³/mol. The molecule has 9 heteroatoms. The van der Waals surface area contributed by atoms with Gasteiger partial charge in [-0.15, -0.1) is 11.6 Å². The van der Waals surface area contributed by atoms with Crippen LogP contribution >= 0.6 is 11.6 Å². The number of anilines is 3. The Kier molecular flexibility index (Phi) is 3.68. The lowest BCUT2D eigenvalue weighted by molar-refractivity contribution is -0.119. The molecule has 1 amide bonds. The number of hydrogen-bond donors (Lipinski definition) is 3. The molecule has 3 aromatic heterocycles. The first-order valence-corrected chi connectivity index (χ1v) is 10.3. The Hall–Kier alpha value is -3.52. The van der Waals surface area contributed by atoms with Crippen molar-refractivity contribution in [2.45, 2.75) is 24.6 Å². The number of benzene rings is 1. The minimum Gasteiger partial charge on any atom is -0.341 e. The molecule has 31 heavy (non-hydrogen) atoms. The van der Waals surface area contributed by atoms with Crippen LogP contribution in [0.1, 0.15) is 18.4 Å². The zero-order valence-corrected chi connectivity index (χ0v) is 17.4. The Bertz CT molecular complexity index is 1360.